The van der Waals surface area contributed by atoms with Gasteiger partial charge in [0.05, 0.1) is 5.69 Å². The third-order valence-corrected chi connectivity index (χ3v) is 4.84. The van der Waals surface area contributed by atoms with Crippen LogP contribution >= 0.6 is 22.9 Å². The number of pyridine rings is 1. The highest BCUT2D eigenvalue weighted by atomic mass is 35.5. The number of aromatic nitrogens is 2. The molecule has 0 aliphatic carbocycles. The summed E-state index contributed by atoms with van der Waals surface area (Å²) in [6, 6.07) is 10.2. The predicted molar refractivity (Wildman–Crippen MR) is 94.5 cm³/mol. The smallest absolute Gasteiger partial charge is 0.124 e. The van der Waals surface area contributed by atoms with Gasteiger partial charge in [0.15, 0.2) is 0 Å². The van der Waals surface area contributed by atoms with Crippen molar-refractivity contribution in [2.24, 2.45) is 0 Å². The SMILES string of the molecule is CCCc1cc(-c2nc(-c3ccc(Cl)c(C)c3)cs2)ccn1. The fourth-order valence-corrected chi connectivity index (χ4v) is 3.29. The van der Waals surface area contributed by atoms with Crippen molar-refractivity contribution in [3.63, 3.8) is 0 Å². The Morgan fingerprint density at radius 2 is 2.00 bits per heavy atom. The van der Waals surface area contributed by atoms with Crippen LogP contribution in [0.1, 0.15) is 24.6 Å². The summed E-state index contributed by atoms with van der Waals surface area (Å²) in [5.41, 5.74) is 5.43. The number of nitrogens with zero attached hydrogens (tertiary/aromatic N) is 2. The van der Waals surface area contributed by atoms with Crippen LogP contribution in [0.5, 0.6) is 0 Å². The Labute approximate surface area is 139 Å². The molecule has 4 heteroatoms. The second-order valence-corrected chi connectivity index (χ2v) is 6.55. The van der Waals surface area contributed by atoms with Gasteiger partial charge >= 0.3 is 0 Å². The van der Waals surface area contributed by atoms with Crippen LogP contribution < -0.4 is 0 Å². The molecule has 3 rings (SSSR count). The van der Waals surface area contributed by atoms with E-state index in [4.69, 9.17) is 16.6 Å². The van der Waals surface area contributed by atoms with E-state index in [-0.39, 0.29) is 0 Å². The normalized spacial score (nSPS) is 10.9. The molecule has 2 aromatic heterocycles. The molecule has 0 saturated carbocycles. The van der Waals surface area contributed by atoms with Gasteiger partial charge in [-0.05, 0) is 43.2 Å². The van der Waals surface area contributed by atoms with Crippen molar-refractivity contribution in [1.82, 2.24) is 9.97 Å². The van der Waals surface area contributed by atoms with Gasteiger partial charge in [-0.1, -0.05) is 31.0 Å². The maximum absolute atomic E-state index is 6.09. The van der Waals surface area contributed by atoms with Crippen molar-refractivity contribution in [3.05, 3.63) is 58.2 Å². The molecule has 0 amide bonds. The fourth-order valence-electron chi connectivity index (χ4n) is 2.35. The van der Waals surface area contributed by atoms with Gasteiger partial charge in [0.25, 0.3) is 0 Å². The minimum atomic E-state index is 0.789. The minimum Gasteiger partial charge on any atom is -0.261 e. The van der Waals surface area contributed by atoms with E-state index in [0.717, 1.165) is 51.0 Å². The van der Waals surface area contributed by atoms with E-state index in [2.05, 4.69) is 29.4 Å². The van der Waals surface area contributed by atoms with Gasteiger partial charge in [-0.2, -0.15) is 0 Å². The Morgan fingerprint density at radius 3 is 2.77 bits per heavy atom. The van der Waals surface area contributed by atoms with E-state index < -0.39 is 0 Å². The van der Waals surface area contributed by atoms with Gasteiger partial charge in [-0.25, -0.2) is 4.98 Å². The molecule has 0 N–H and O–H groups in total. The summed E-state index contributed by atoms with van der Waals surface area (Å²) in [5.74, 6) is 0. The maximum Gasteiger partial charge on any atom is 0.124 e. The Bertz CT molecular complexity index is 795. The van der Waals surface area contributed by atoms with Crippen LogP contribution in [-0.2, 0) is 6.42 Å². The first-order valence-corrected chi connectivity index (χ1v) is 8.60. The lowest BCUT2D eigenvalue weighted by Crippen LogP contribution is -1.89. The van der Waals surface area contributed by atoms with E-state index in [1.165, 1.54) is 0 Å². The summed E-state index contributed by atoms with van der Waals surface area (Å²) in [5, 5.41) is 3.91. The summed E-state index contributed by atoms with van der Waals surface area (Å²) in [4.78, 5) is 9.17. The van der Waals surface area contributed by atoms with E-state index in [1.54, 1.807) is 11.3 Å². The zero-order chi connectivity index (χ0) is 15.5. The number of rotatable bonds is 4. The second-order valence-electron chi connectivity index (χ2n) is 5.29. The first kappa shape index (κ1) is 15.2. The summed E-state index contributed by atoms with van der Waals surface area (Å²) >= 11 is 7.75. The van der Waals surface area contributed by atoms with Gasteiger partial charge in [0.1, 0.15) is 5.01 Å². The van der Waals surface area contributed by atoms with Crippen molar-refractivity contribution in [1.29, 1.82) is 0 Å². The summed E-state index contributed by atoms with van der Waals surface area (Å²) in [6.07, 6.45) is 3.97. The van der Waals surface area contributed by atoms with Gasteiger partial charge < -0.3 is 0 Å². The second kappa shape index (κ2) is 6.59. The molecule has 3 aromatic rings. The van der Waals surface area contributed by atoms with Gasteiger partial charge in [-0.3, -0.25) is 4.98 Å². The lowest BCUT2D eigenvalue weighted by atomic mass is 10.1. The summed E-state index contributed by atoms with van der Waals surface area (Å²) in [7, 11) is 0. The molecule has 0 spiro atoms. The Hall–Kier alpha value is -1.71. The standard InChI is InChI=1S/C18H17ClN2S/c1-3-4-15-10-14(7-8-20-15)18-21-17(11-22-18)13-5-6-16(19)12(2)9-13/h5-11H,3-4H2,1-2H3. The third-order valence-electron chi connectivity index (χ3n) is 3.53. The molecule has 0 unspecified atom stereocenters. The quantitative estimate of drug-likeness (QED) is 0.606. The number of thiazole rings is 1. The van der Waals surface area contributed by atoms with E-state index in [9.17, 15) is 0 Å². The molecule has 22 heavy (non-hydrogen) atoms. The zero-order valence-electron chi connectivity index (χ0n) is 12.6. The van der Waals surface area contributed by atoms with Crippen molar-refractivity contribution in [3.8, 4) is 21.8 Å². The van der Waals surface area contributed by atoms with Gasteiger partial charge in [0, 0.05) is 33.4 Å². The van der Waals surface area contributed by atoms with Gasteiger partial charge in [0.2, 0.25) is 0 Å². The van der Waals surface area contributed by atoms with Crippen LogP contribution in [-0.4, -0.2) is 9.97 Å². The predicted octanol–water partition coefficient (Wildman–Crippen LogP) is 5.79. The van der Waals surface area contributed by atoms with Crippen LogP contribution in [0.2, 0.25) is 5.02 Å². The Morgan fingerprint density at radius 1 is 1.14 bits per heavy atom. The highest BCUT2D eigenvalue weighted by Gasteiger charge is 2.08. The molecule has 1 aromatic carbocycles. The Balaban J connectivity index is 1.93. The number of aryl methyl sites for hydroxylation is 2. The van der Waals surface area contributed by atoms with Crippen molar-refractivity contribution in [2.75, 3.05) is 0 Å². The molecule has 0 atom stereocenters. The zero-order valence-corrected chi connectivity index (χ0v) is 14.2. The van der Waals surface area contributed by atoms with Crippen molar-refractivity contribution < 1.29 is 0 Å². The lowest BCUT2D eigenvalue weighted by Gasteiger charge is -2.02. The first-order chi connectivity index (χ1) is 10.7. The topological polar surface area (TPSA) is 25.8 Å². The molecule has 2 heterocycles. The van der Waals surface area contributed by atoms with E-state index in [1.807, 2.05) is 31.3 Å². The minimum absolute atomic E-state index is 0.789. The number of halogens is 1. The first-order valence-electron chi connectivity index (χ1n) is 7.34. The molecule has 0 fully saturated rings. The summed E-state index contributed by atoms with van der Waals surface area (Å²) in [6.45, 7) is 4.18. The number of hydrogen-bond acceptors (Lipinski definition) is 3. The molecule has 0 aliphatic rings. The highest BCUT2D eigenvalue weighted by molar-refractivity contribution is 7.13. The van der Waals surface area contributed by atoms with E-state index in [0.29, 0.717) is 0 Å². The van der Waals surface area contributed by atoms with Crippen LogP contribution in [0.4, 0.5) is 0 Å². The average molecular weight is 329 g/mol. The third kappa shape index (κ3) is 3.21. The highest BCUT2D eigenvalue weighted by Crippen LogP contribution is 2.30. The van der Waals surface area contributed by atoms with Crippen LogP contribution in [0.3, 0.4) is 0 Å². The average Bonchev–Trinajstić information content (AvgIpc) is 3.01. The molecule has 2 nitrogen and oxygen atoms in total. The van der Waals surface area contributed by atoms with Crippen LogP contribution in [0, 0.1) is 6.92 Å². The van der Waals surface area contributed by atoms with E-state index >= 15 is 0 Å². The van der Waals surface area contributed by atoms with Crippen LogP contribution in [0.15, 0.2) is 41.9 Å². The molecule has 0 radical (unpaired) electrons. The monoisotopic (exact) mass is 328 g/mol. The van der Waals surface area contributed by atoms with Gasteiger partial charge in [-0.15, -0.1) is 11.3 Å². The summed E-state index contributed by atoms with van der Waals surface area (Å²) < 4.78 is 0. The van der Waals surface area contributed by atoms with Crippen LogP contribution in [0.25, 0.3) is 21.8 Å². The molecular weight excluding hydrogens is 312 g/mol. The number of hydrogen-bond donors (Lipinski definition) is 0. The molecular formula is C18H17ClN2S. The van der Waals surface area contributed by atoms with Crippen molar-refractivity contribution >= 4 is 22.9 Å². The molecule has 0 aliphatic heterocycles. The fraction of sp³-hybridized carbons (Fsp3) is 0.222. The lowest BCUT2D eigenvalue weighted by molar-refractivity contribution is 0.883. The Kier molecular flexibility index (Phi) is 4.55. The largest absolute Gasteiger partial charge is 0.261 e. The maximum atomic E-state index is 6.09. The molecule has 0 saturated heterocycles. The molecule has 0 bridgehead atoms. The molecule has 112 valence electrons. The van der Waals surface area contributed by atoms with Crippen molar-refractivity contribution in [2.45, 2.75) is 26.7 Å². The number of benzene rings is 1.